The van der Waals surface area contributed by atoms with Gasteiger partial charge in [0.25, 0.3) is 5.56 Å². The molecule has 0 saturated carbocycles. The molecule has 0 aliphatic carbocycles. The Hall–Kier alpha value is -2.67. The molecular formula is C21H24N2O4S. The first-order valence-corrected chi connectivity index (χ1v) is 10.3. The molecule has 148 valence electrons. The molecular weight excluding hydrogens is 376 g/mol. The van der Waals surface area contributed by atoms with E-state index >= 15 is 0 Å². The zero-order valence-electron chi connectivity index (χ0n) is 16.5. The van der Waals surface area contributed by atoms with Crippen molar-refractivity contribution in [1.82, 2.24) is 9.55 Å². The molecule has 2 atom stereocenters. The van der Waals surface area contributed by atoms with E-state index in [2.05, 4.69) is 4.98 Å². The lowest BCUT2D eigenvalue weighted by molar-refractivity contribution is -0.152. The van der Waals surface area contributed by atoms with Gasteiger partial charge in [0.05, 0.1) is 24.4 Å². The minimum atomic E-state index is -0.744. The van der Waals surface area contributed by atoms with Gasteiger partial charge in [-0.1, -0.05) is 19.1 Å². The number of hydrogen-bond donors (Lipinski definition) is 0. The lowest BCUT2D eigenvalue weighted by Gasteiger charge is -2.17. The largest absolute Gasteiger partial charge is 0.494 e. The molecule has 0 aliphatic heterocycles. The number of fused-ring (bicyclic) bond motifs is 1. The van der Waals surface area contributed by atoms with Crippen LogP contribution in [-0.2, 0) is 9.53 Å². The van der Waals surface area contributed by atoms with Crippen LogP contribution in [0.3, 0.4) is 0 Å². The third-order valence-corrected chi connectivity index (χ3v) is 5.53. The Morgan fingerprint density at radius 2 is 1.93 bits per heavy atom. The van der Waals surface area contributed by atoms with Crippen LogP contribution < -0.4 is 10.3 Å². The number of rotatable bonds is 7. The molecule has 28 heavy (non-hydrogen) atoms. The highest BCUT2D eigenvalue weighted by Crippen LogP contribution is 2.32. The topological polar surface area (TPSA) is 70.4 Å². The first-order valence-electron chi connectivity index (χ1n) is 9.38. The van der Waals surface area contributed by atoms with E-state index < -0.39 is 12.0 Å². The van der Waals surface area contributed by atoms with Gasteiger partial charge in [-0.2, -0.15) is 0 Å². The second-order valence-corrected chi connectivity index (χ2v) is 7.43. The summed E-state index contributed by atoms with van der Waals surface area (Å²) in [5.74, 6) is 0.346. The highest BCUT2D eigenvalue weighted by atomic mass is 32.1. The number of benzene rings is 1. The lowest BCUT2D eigenvalue weighted by atomic mass is 10.1. The summed E-state index contributed by atoms with van der Waals surface area (Å²) in [6.07, 6.45) is 1.95. The van der Waals surface area contributed by atoms with Crippen LogP contribution in [0.5, 0.6) is 5.75 Å². The summed E-state index contributed by atoms with van der Waals surface area (Å²) in [4.78, 5) is 30.6. The molecule has 1 aromatic carbocycles. The fraction of sp³-hybridized carbons (Fsp3) is 0.381. The minimum Gasteiger partial charge on any atom is -0.494 e. The van der Waals surface area contributed by atoms with Crippen molar-refractivity contribution in [3.05, 3.63) is 46.3 Å². The van der Waals surface area contributed by atoms with Crippen molar-refractivity contribution in [1.29, 1.82) is 0 Å². The van der Waals surface area contributed by atoms with Crippen molar-refractivity contribution in [3.8, 4) is 16.9 Å². The van der Waals surface area contributed by atoms with Gasteiger partial charge in [-0.25, -0.2) is 9.78 Å². The summed E-state index contributed by atoms with van der Waals surface area (Å²) in [5, 5.41) is 2.43. The number of carbonyl (C=O) groups is 1. The Kier molecular flexibility index (Phi) is 6.14. The van der Waals surface area contributed by atoms with Gasteiger partial charge in [-0.3, -0.25) is 9.36 Å². The molecule has 0 N–H and O–H groups in total. The van der Waals surface area contributed by atoms with E-state index in [9.17, 15) is 9.59 Å². The van der Waals surface area contributed by atoms with Crippen LogP contribution in [0.1, 0.15) is 40.2 Å². The summed E-state index contributed by atoms with van der Waals surface area (Å²) in [6, 6.07) is 6.85. The number of esters is 1. The highest BCUT2D eigenvalue weighted by molar-refractivity contribution is 7.17. The molecule has 2 heterocycles. The van der Waals surface area contributed by atoms with Crippen LogP contribution in [0.15, 0.2) is 40.8 Å². The summed E-state index contributed by atoms with van der Waals surface area (Å²) in [6.45, 7) is 7.96. The number of carbonyl (C=O) groups excluding carboxylic acids is 1. The molecule has 0 bridgehead atoms. The molecule has 7 heteroatoms. The van der Waals surface area contributed by atoms with Gasteiger partial charge in [0, 0.05) is 10.9 Å². The third kappa shape index (κ3) is 3.94. The van der Waals surface area contributed by atoms with Crippen LogP contribution in [-0.4, -0.2) is 28.2 Å². The third-order valence-electron chi connectivity index (χ3n) is 4.65. The van der Waals surface area contributed by atoms with Gasteiger partial charge < -0.3 is 9.47 Å². The van der Waals surface area contributed by atoms with Crippen LogP contribution >= 0.6 is 11.3 Å². The van der Waals surface area contributed by atoms with Crippen LogP contribution in [0.25, 0.3) is 21.3 Å². The number of nitrogens with zero attached hydrogens (tertiary/aromatic N) is 2. The Morgan fingerprint density at radius 1 is 1.21 bits per heavy atom. The summed E-state index contributed by atoms with van der Waals surface area (Å²) in [7, 11) is 0. The zero-order valence-corrected chi connectivity index (χ0v) is 17.3. The molecule has 0 radical (unpaired) electrons. The lowest BCUT2D eigenvalue weighted by Crippen LogP contribution is -2.31. The van der Waals surface area contributed by atoms with E-state index in [0.29, 0.717) is 16.8 Å². The number of thiophene rings is 1. The maximum absolute atomic E-state index is 13.2. The van der Waals surface area contributed by atoms with Gasteiger partial charge >= 0.3 is 5.97 Å². The maximum atomic E-state index is 13.2. The van der Waals surface area contributed by atoms with E-state index in [4.69, 9.17) is 9.47 Å². The van der Waals surface area contributed by atoms with Crippen LogP contribution in [0, 0.1) is 0 Å². The van der Waals surface area contributed by atoms with E-state index in [0.717, 1.165) is 23.3 Å². The average molecular weight is 401 g/mol. The first-order chi connectivity index (χ1) is 13.5. The smallest absolute Gasteiger partial charge is 0.329 e. The quantitative estimate of drug-likeness (QED) is 0.549. The van der Waals surface area contributed by atoms with Gasteiger partial charge in [0.2, 0.25) is 0 Å². The predicted molar refractivity (Wildman–Crippen MR) is 111 cm³/mol. The molecule has 0 fully saturated rings. The predicted octanol–water partition coefficient (Wildman–Crippen LogP) is 4.43. The number of hydrogen-bond acceptors (Lipinski definition) is 6. The van der Waals surface area contributed by atoms with Crippen LogP contribution in [0.4, 0.5) is 0 Å². The Balaban J connectivity index is 2.00. The van der Waals surface area contributed by atoms with Crippen molar-refractivity contribution in [2.45, 2.75) is 46.3 Å². The second kappa shape index (κ2) is 8.56. The van der Waals surface area contributed by atoms with Gasteiger partial charge in [-0.15, -0.1) is 11.3 Å². The fourth-order valence-electron chi connectivity index (χ4n) is 2.82. The molecule has 0 amide bonds. The van der Waals surface area contributed by atoms with Gasteiger partial charge in [0.15, 0.2) is 0 Å². The zero-order chi connectivity index (χ0) is 20.3. The molecule has 0 unspecified atom stereocenters. The van der Waals surface area contributed by atoms with E-state index in [1.807, 2.05) is 50.4 Å². The number of aromatic nitrogens is 2. The second-order valence-electron chi connectivity index (χ2n) is 6.58. The van der Waals surface area contributed by atoms with Crippen molar-refractivity contribution < 1.29 is 14.3 Å². The maximum Gasteiger partial charge on any atom is 0.329 e. The number of ether oxygens (including phenoxy) is 2. The summed E-state index contributed by atoms with van der Waals surface area (Å²) >= 11 is 1.41. The molecule has 0 aliphatic rings. The monoisotopic (exact) mass is 400 g/mol. The van der Waals surface area contributed by atoms with Crippen molar-refractivity contribution in [3.63, 3.8) is 0 Å². The van der Waals surface area contributed by atoms with Gasteiger partial charge in [-0.05, 0) is 44.9 Å². The summed E-state index contributed by atoms with van der Waals surface area (Å²) < 4.78 is 12.2. The van der Waals surface area contributed by atoms with E-state index in [1.165, 1.54) is 22.2 Å². The fourth-order valence-corrected chi connectivity index (χ4v) is 3.73. The van der Waals surface area contributed by atoms with Crippen LogP contribution in [0.2, 0.25) is 0 Å². The minimum absolute atomic E-state index is 0.192. The average Bonchev–Trinajstić information content (AvgIpc) is 3.13. The van der Waals surface area contributed by atoms with Crippen molar-refractivity contribution >= 4 is 27.5 Å². The first kappa shape index (κ1) is 20.1. The molecule has 0 spiro atoms. The molecule has 6 nitrogen and oxygen atoms in total. The standard InChI is InChI=1S/C21H24N2O4S/c1-5-13(3)27-21(25)14(4)23-12-22-19-18(20(23)24)17(11-28-19)15-7-9-16(10-8-15)26-6-2/h7-14H,5-6H2,1-4H3/t13-,14+/m0/s1. The Bertz CT molecular complexity index is 1020. The molecule has 0 saturated heterocycles. The Morgan fingerprint density at radius 3 is 2.57 bits per heavy atom. The van der Waals surface area contributed by atoms with Gasteiger partial charge in [0.1, 0.15) is 16.6 Å². The van der Waals surface area contributed by atoms with E-state index in [-0.39, 0.29) is 11.7 Å². The van der Waals surface area contributed by atoms with E-state index in [1.54, 1.807) is 6.92 Å². The normalized spacial score (nSPS) is 13.3. The molecule has 3 aromatic rings. The van der Waals surface area contributed by atoms with Crippen molar-refractivity contribution in [2.75, 3.05) is 6.61 Å². The molecule has 3 rings (SSSR count). The van der Waals surface area contributed by atoms with Crippen molar-refractivity contribution in [2.24, 2.45) is 0 Å². The highest BCUT2D eigenvalue weighted by Gasteiger charge is 2.22. The molecule has 2 aromatic heterocycles. The summed E-state index contributed by atoms with van der Waals surface area (Å²) in [5.41, 5.74) is 1.46. The SMILES string of the molecule is CCOc1ccc(-c2csc3ncn([C@H](C)C(=O)O[C@@H](C)CC)c(=O)c23)cc1. The Labute approximate surface area is 167 Å².